The van der Waals surface area contributed by atoms with Crippen molar-refractivity contribution >= 4 is 0 Å². The zero-order valence-electron chi connectivity index (χ0n) is 6.98. The maximum atomic E-state index is 5.88. The Hall–Kier alpha value is -0.0800. The fourth-order valence-corrected chi connectivity index (χ4v) is 1.78. The lowest BCUT2D eigenvalue weighted by molar-refractivity contribution is 0.103. The zero-order chi connectivity index (χ0) is 7.61. The third-order valence-corrected chi connectivity index (χ3v) is 2.84. The van der Waals surface area contributed by atoms with Crippen molar-refractivity contribution in [1.82, 2.24) is 5.32 Å². The number of rotatable bonds is 3. The zero-order valence-corrected chi connectivity index (χ0v) is 6.98. The third kappa shape index (κ3) is 1.18. The van der Waals surface area contributed by atoms with Gasteiger partial charge in [-0.15, -0.1) is 0 Å². The van der Waals surface area contributed by atoms with Crippen LogP contribution in [0.5, 0.6) is 0 Å². The molecule has 0 aromatic heterocycles. The van der Waals surface area contributed by atoms with Gasteiger partial charge < -0.3 is 11.1 Å². The summed E-state index contributed by atoms with van der Waals surface area (Å²) in [5.74, 6) is 0. The Bertz CT molecular complexity index is 106. The van der Waals surface area contributed by atoms with E-state index in [1.165, 1.54) is 19.3 Å². The molecular formula is C8H18N2. The van der Waals surface area contributed by atoms with Crippen molar-refractivity contribution in [3.8, 4) is 0 Å². The van der Waals surface area contributed by atoms with Crippen LogP contribution < -0.4 is 11.1 Å². The first-order valence-electron chi connectivity index (χ1n) is 4.11. The van der Waals surface area contributed by atoms with E-state index in [1.54, 1.807) is 0 Å². The van der Waals surface area contributed by atoms with Crippen LogP contribution in [-0.2, 0) is 0 Å². The molecule has 0 aliphatic heterocycles. The number of hydrogen-bond acceptors (Lipinski definition) is 2. The molecule has 1 aliphatic carbocycles. The molecule has 0 heterocycles. The molecule has 0 radical (unpaired) electrons. The molecule has 1 unspecified atom stereocenters. The first kappa shape index (κ1) is 8.02. The number of nitrogens with one attached hydrogen (secondary N) is 1. The summed E-state index contributed by atoms with van der Waals surface area (Å²) in [5.41, 5.74) is 6.32. The Kier molecular flexibility index (Phi) is 2.32. The maximum absolute atomic E-state index is 5.88. The Labute approximate surface area is 63.2 Å². The minimum atomic E-state index is 0.355. The second kappa shape index (κ2) is 2.89. The van der Waals surface area contributed by atoms with Gasteiger partial charge in [-0.05, 0) is 32.2 Å². The lowest BCUT2D eigenvalue weighted by atomic mass is 9.64. The van der Waals surface area contributed by atoms with Gasteiger partial charge in [0.15, 0.2) is 0 Å². The van der Waals surface area contributed by atoms with E-state index in [4.69, 9.17) is 5.73 Å². The SMILES string of the molecule is CNCC1(C(C)N)CCC1. The average Bonchev–Trinajstić information content (AvgIpc) is 1.77. The smallest absolute Gasteiger partial charge is 0.00791 e. The Balaban J connectivity index is 2.42. The van der Waals surface area contributed by atoms with Crippen molar-refractivity contribution in [3.63, 3.8) is 0 Å². The molecular weight excluding hydrogens is 124 g/mol. The molecule has 0 bridgehead atoms. The van der Waals surface area contributed by atoms with Crippen LogP contribution in [0.2, 0.25) is 0 Å². The summed E-state index contributed by atoms with van der Waals surface area (Å²) in [5, 5.41) is 3.21. The van der Waals surface area contributed by atoms with Gasteiger partial charge in [-0.25, -0.2) is 0 Å². The monoisotopic (exact) mass is 142 g/mol. The normalized spacial score (nSPS) is 25.5. The minimum Gasteiger partial charge on any atom is -0.327 e. The van der Waals surface area contributed by atoms with E-state index in [9.17, 15) is 0 Å². The molecule has 2 heteroatoms. The first-order valence-corrected chi connectivity index (χ1v) is 4.11. The van der Waals surface area contributed by atoms with Crippen LogP contribution in [0.4, 0.5) is 0 Å². The highest BCUT2D eigenvalue weighted by atomic mass is 14.9. The predicted molar refractivity (Wildman–Crippen MR) is 43.9 cm³/mol. The highest BCUT2D eigenvalue weighted by Gasteiger charge is 2.39. The van der Waals surface area contributed by atoms with Gasteiger partial charge in [-0.1, -0.05) is 6.42 Å². The van der Waals surface area contributed by atoms with Gasteiger partial charge in [0.1, 0.15) is 0 Å². The average molecular weight is 142 g/mol. The summed E-state index contributed by atoms with van der Waals surface area (Å²) >= 11 is 0. The van der Waals surface area contributed by atoms with Crippen LogP contribution in [0.3, 0.4) is 0 Å². The number of nitrogens with two attached hydrogens (primary N) is 1. The second-order valence-electron chi connectivity index (χ2n) is 3.53. The Morgan fingerprint density at radius 1 is 1.60 bits per heavy atom. The third-order valence-electron chi connectivity index (χ3n) is 2.84. The maximum Gasteiger partial charge on any atom is 0.00791 e. The van der Waals surface area contributed by atoms with Gasteiger partial charge in [0.05, 0.1) is 0 Å². The summed E-state index contributed by atoms with van der Waals surface area (Å²) < 4.78 is 0. The molecule has 1 aliphatic rings. The van der Waals surface area contributed by atoms with Crippen LogP contribution in [0.15, 0.2) is 0 Å². The van der Waals surface area contributed by atoms with Crippen LogP contribution in [0, 0.1) is 5.41 Å². The highest BCUT2D eigenvalue weighted by molar-refractivity contribution is 4.95. The summed E-state index contributed by atoms with van der Waals surface area (Å²) in [4.78, 5) is 0. The van der Waals surface area contributed by atoms with Gasteiger partial charge in [0.2, 0.25) is 0 Å². The molecule has 3 N–H and O–H groups in total. The molecule has 1 rings (SSSR count). The van der Waals surface area contributed by atoms with Gasteiger partial charge in [-0.3, -0.25) is 0 Å². The standard InChI is InChI=1S/C8H18N2/c1-7(9)8(6-10-2)4-3-5-8/h7,10H,3-6,9H2,1-2H3. The van der Waals surface area contributed by atoms with E-state index < -0.39 is 0 Å². The first-order chi connectivity index (χ1) is 4.71. The van der Waals surface area contributed by atoms with Crippen LogP contribution >= 0.6 is 0 Å². The van der Waals surface area contributed by atoms with Crippen molar-refractivity contribution < 1.29 is 0 Å². The predicted octanol–water partition coefficient (Wildman–Crippen LogP) is 0.723. The van der Waals surface area contributed by atoms with E-state index in [-0.39, 0.29) is 0 Å². The Morgan fingerprint density at radius 3 is 2.30 bits per heavy atom. The molecule has 2 nitrogen and oxygen atoms in total. The topological polar surface area (TPSA) is 38.0 Å². The van der Waals surface area contributed by atoms with Crippen LogP contribution in [0.25, 0.3) is 0 Å². The molecule has 10 heavy (non-hydrogen) atoms. The fourth-order valence-electron chi connectivity index (χ4n) is 1.78. The quantitative estimate of drug-likeness (QED) is 0.609. The highest BCUT2D eigenvalue weighted by Crippen LogP contribution is 2.42. The Morgan fingerprint density at radius 2 is 2.20 bits per heavy atom. The molecule has 0 amide bonds. The summed E-state index contributed by atoms with van der Waals surface area (Å²) in [7, 11) is 2.00. The van der Waals surface area contributed by atoms with Gasteiger partial charge in [0.25, 0.3) is 0 Å². The summed E-state index contributed by atoms with van der Waals surface area (Å²) in [6.45, 7) is 3.21. The van der Waals surface area contributed by atoms with Crippen molar-refractivity contribution in [2.24, 2.45) is 11.1 Å². The second-order valence-corrected chi connectivity index (χ2v) is 3.53. The van der Waals surface area contributed by atoms with Crippen molar-refractivity contribution in [1.29, 1.82) is 0 Å². The van der Waals surface area contributed by atoms with Gasteiger partial charge >= 0.3 is 0 Å². The molecule has 0 aromatic rings. The lowest BCUT2D eigenvalue weighted by Crippen LogP contribution is -2.50. The molecule has 0 spiro atoms. The van der Waals surface area contributed by atoms with E-state index in [1.807, 2.05) is 7.05 Å². The van der Waals surface area contributed by atoms with Crippen molar-refractivity contribution in [2.75, 3.05) is 13.6 Å². The van der Waals surface area contributed by atoms with E-state index in [2.05, 4.69) is 12.2 Å². The largest absolute Gasteiger partial charge is 0.327 e. The van der Waals surface area contributed by atoms with Gasteiger partial charge in [0, 0.05) is 12.6 Å². The summed E-state index contributed by atoms with van der Waals surface area (Å²) in [6.07, 6.45) is 3.99. The lowest BCUT2D eigenvalue weighted by Gasteiger charge is -2.45. The molecule has 1 fully saturated rings. The van der Waals surface area contributed by atoms with Crippen molar-refractivity contribution in [2.45, 2.75) is 32.2 Å². The molecule has 60 valence electrons. The molecule has 0 saturated heterocycles. The van der Waals surface area contributed by atoms with E-state index in [0.29, 0.717) is 11.5 Å². The minimum absolute atomic E-state index is 0.355. The molecule has 1 saturated carbocycles. The fraction of sp³-hybridized carbons (Fsp3) is 1.00. The van der Waals surface area contributed by atoms with Crippen LogP contribution in [-0.4, -0.2) is 19.6 Å². The number of hydrogen-bond donors (Lipinski definition) is 2. The van der Waals surface area contributed by atoms with E-state index in [0.717, 1.165) is 6.54 Å². The molecule has 0 aromatic carbocycles. The van der Waals surface area contributed by atoms with Crippen LogP contribution in [0.1, 0.15) is 26.2 Å². The summed E-state index contributed by atoms with van der Waals surface area (Å²) in [6, 6.07) is 0.355. The van der Waals surface area contributed by atoms with Gasteiger partial charge in [-0.2, -0.15) is 0 Å². The molecule has 1 atom stereocenters. The van der Waals surface area contributed by atoms with E-state index >= 15 is 0 Å². The van der Waals surface area contributed by atoms with Crippen molar-refractivity contribution in [3.05, 3.63) is 0 Å².